The molecule has 0 N–H and O–H groups in total. The lowest BCUT2D eigenvalue weighted by molar-refractivity contribution is 0.245. The fraction of sp³-hybridized carbons (Fsp3) is 0.538. The minimum Gasteiger partial charge on any atom is -0.296 e. The average molecular weight is 187 g/mol. The van der Waals surface area contributed by atoms with Gasteiger partial charge in [-0.05, 0) is 49.9 Å². The summed E-state index contributed by atoms with van der Waals surface area (Å²) in [4.78, 5) is 2.67. The van der Waals surface area contributed by atoms with Gasteiger partial charge in [0.05, 0.1) is 0 Å². The topological polar surface area (TPSA) is 3.24 Å². The van der Waals surface area contributed by atoms with E-state index in [-0.39, 0.29) is 0 Å². The number of aryl methyl sites for hydroxylation is 1. The highest BCUT2D eigenvalue weighted by molar-refractivity contribution is 5.34. The summed E-state index contributed by atoms with van der Waals surface area (Å²) in [5.41, 5.74) is 3.19. The highest BCUT2D eigenvalue weighted by Gasteiger charge is 2.28. The molecule has 1 atom stereocenters. The van der Waals surface area contributed by atoms with Crippen LogP contribution in [-0.4, -0.2) is 18.0 Å². The smallest absolute Gasteiger partial charge is 0.0354 e. The van der Waals surface area contributed by atoms with Crippen LogP contribution in [0.1, 0.15) is 36.4 Å². The van der Waals surface area contributed by atoms with Crippen molar-refractivity contribution in [2.75, 3.05) is 13.1 Å². The van der Waals surface area contributed by atoms with Crippen molar-refractivity contribution in [3.8, 4) is 0 Å². The van der Waals surface area contributed by atoms with Crippen molar-refractivity contribution in [3.05, 3.63) is 35.4 Å². The van der Waals surface area contributed by atoms with Crippen LogP contribution in [0.15, 0.2) is 24.3 Å². The van der Waals surface area contributed by atoms with Gasteiger partial charge in [0.2, 0.25) is 0 Å². The second-order valence-electron chi connectivity index (χ2n) is 4.50. The van der Waals surface area contributed by atoms with Crippen LogP contribution in [0.25, 0.3) is 0 Å². The van der Waals surface area contributed by atoms with Crippen molar-refractivity contribution < 1.29 is 0 Å². The van der Waals surface area contributed by atoms with Crippen LogP contribution in [-0.2, 0) is 6.42 Å². The van der Waals surface area contributed by atoms with E-state index in [2.05, 4.69) is 29.2 Å². The van der Waals surface area contributed by atoms with E-state index in [1.807, 2.05) is 0 Å². The van der Waals surface area contributed by atoms with Crippen molar-refractivity contribution in [1.82, 2.24) is 4.90 Å². The van der Waals surface area contributed by atoms with E-state index in [9.17, 15) is 0 Å². The lowest BCUT2D eigenvalue weighted by Crippen LogP contribution is -2.23. The fourth-order valence-corrected chi connectivity index (χ4v) is 2.97. The van der Waals surface area contributed by atoms with Gasteiger partial charge in [-0.15, -0.1) is 0 Å². The van der Waals surface area contributed by atoms with Crippen LogP contribution >= 0.6 is 0 Å². The molecule has 1 aliphatic heterocycles. The summed E-state index contributed by atoms with van der Waals surface area (Å²) in [5.74, 6) is 0. The molecule has 1 heterocycles. The Morgan fingerprint density at radius 2 is 1.86 bits per heavy atom. The Hall–Kier alpha value is -0.820. The number of benzene rings is 1. The van der Waals surface area contributed by atoms with E-state index >= 15 is 0 Å². The Labute approximate surface area is 85.7 Å². The first-order valence-electron chi connectivity index (χ1n) is 5.77. The van der Waals surface area contributed by atoms with Crippen LogP contribution in [0.2, 0.25) is 0 Å². The van der Waals surface area contributed by atoms with Gasteiger partial charge in [0.25, 0.3) is 0 Å². The standard InChI is InChI=1S/C13H17N/c1-2-6-12-11(5-1)7-8-13(12)14-9-3-4-10-14/h1-2,5-6,13H,3-4,7-10H2. The molecule has 0 saturated carbocycles. The number of fused-ring (bicyclic) bond motifs is 1. The highest BCUT2D eigenvalue weighted by atomic mass is 15.2. The Bertz CT molecular complexity index is 326. The van der Waals surface area contributed by atoms with Gasteiger partial charge in [-0.2, -0.15) is 0 Å². The Morgan fingerprint density at radius 1 is 1.07 bits per heavy atom. The Kier molecular flexibility index (Phi) is 2.06. The number of nitrogens with zero attached hydrogens (tertiary/aromatic N) is 1. The predicted octanol–water partition coefficient (Wildman–Crippen LogP) is 2.77. The first-order valence-corrected chi connectivity index (χ1v) is 5.77. The van der Waals surface area contributed by atoms with E-state index in [1.165, 1.54) is 38.8 Å². The second kappa shape index (κ2) is 3.39. The molecule has 1 aliphatic carbocycles. The largest absolute Gasteiger partial charge is 0.296 e. The molecular weight excluding hydrogens is 170 g/mol. The van der Waals surface area contributed by atoms with Gasteiger partial charge in [-0.1, -0.05) is 24.3 Å². The first kappa shape index (κ1) is 8.49. The van der Waals surface area contributed by atoms with Gasteiger partial charge >= 0.3 is 0 Å². The summed E-state index contributed by atoms with van der Waals surface area (Å²) in [7, 11) is 0. The van der Waals surface area contributed by atoms with Crippen LogP contribution < -0.4 is 0 Å². The monoisotopic (exact) mass is 187 g/mol. The van der Waals surface area contributed by atoms with Crippen molar-refractivity contribution in [1.29, 1.82) is 0 Å². The second-order valence-corrected chi connectivity index (χ2v) is 4.50. The molecule has 1 aromatic carbocycles. The van der Waals surface area contributed by atoms with E-state index in [0.29, 0.717) is 0 Å². The molecule has 1 saturated heterocycles. The van der Waals surface area contributed by atoms with Crippen LogP contribution in [0, 0.1) is 0 Å². The predicted molar refractivity (Wildman–Crippen MR) is 58.3 cm³/mol. The third kappa shape index (κ3) is 1.27. The number of likely N-dealkylation sites (tertiary alicyclic amines) is 1. The summed E-state index contributed by atoms with van der Waals surface area (Å²) in [5, 5.41) is 0. The fourth-order valence-electron chi connectivity index (χ4n) is 2.97. The molecule has 3 rings (SSSR count). The van der Waals surface area contributed by atoms with Crippen molar-refractivity contribution in [2.24, 2.45) is 0 Å². The number of rotatable bonds is 1. The minimum absolute atomic E-state index is 0.744. The molecule has 0 amide bonds. The molecule has 1 heteroatoms. The molecule has 1 nitrogen and oxygen atoms in total. The molecule has 0 bridgehead atoms. The van der Waals surface area contributed by atoms with Crippen molar-refractivity contribution in [3.63, 3.8) is 0 Å². The SMILES string of the molecule is c1ccc2c(c1)CCC2N1CCCC1. The molecule has 1 fully saturated rings. The molecule has 0 aromatic heterocycles. The summed E-state index contributed by atoms with van der Waals surface area (Å²) in [6, 6.07) is 9.73. The lowest BCUT2D eigenvalue weighted by Gasteiger charge is -2.23. The third-order valence-electron chi connectivity index (χ3n) is 3.68. The normalized spacial score (nSPS) is 26.7. The summed E-state index contributed by atoms with van der Waals surface area (Å²) < 4.78 is 0. The van der Waals surface area contributed by atoms with E-state index < -0.39 is 0 Å². The summed E-state index contributed by atoms with van der Waals surface area (Å²) >= 11 is 0. The number of hydrogen-bond donors (Lipinski definition) is 0. The van der Waals surface area contributed by atoms with Crippen molar-refractivity contribution in [2.45, 2.75) is 31.7 Å². The molecule has 1 aromatic rings. The summed E-state index contributed by atoms with van der Waals surface area (Å²) in [6.45, 7) is 2.64. The van der Waals surface area contributed by atoms with Gasteiger partial charge in [-0.25, -0.2) is 0 Å². The molecule has 14 heavy (non-hydrogen) atoms. The zero-order chi connectivity index (χ0) is 9.38. The quantitative estimate of drug-likeness (QED) is 0.653. The Balaban J connectivity index is 1.89. The van der Waals surface area contributed by atoms with Gasteiger partial charge in [0.1, 0.15) is 0 Å². The van der Waals surface area contributed by atoms with Gasteiger partial charge in [0.15, 0.2) is 0 Å². The maximum atomic E-state index is 2.67. The molecule has 74 valence electrons. The average Bonchev–Trinajstić information content (AvgIpc) is 2.85. The van der Waals surface area contributed by atoms with Crippen LogP contribution in [0.3, 0.4) is 0 Å². The molecule has 0 radical (unpaired) electrons. The molecule has 0 spiro atoms. The van der Waals surface area contributed by atoms with Crippen LogP contribution in [0.4, 0.5) is 0 Å². The van der Waals surface area contributed by atoms with Gasteiger partial charge in [0, 0.05) is 6.04 Å². The number of hydrogen-bond acceptors (Lipinski definition) is 1. The zero-order valence-corrected chi connectivity index (χ0v) is 8.58. The maximum absolute atomic E-state index is 2.67. The van der Waals surface area contributed by atoms with Gasteiger partial charge < -0.3 is 0 Å². The van der Waals surface area contributed by atoms with E-state index in [0.717, 1.165) is 6.04 Å². The minimum atomic E-state index is 0.744. The van der Waals surface area contributed by atoms with Crippen molar-refractivity contribution >= 4 is 0 Å². The molecular formula is C13H17N. The first-order chi connectivity index (χ1) is 6.95. The molecule has 2 aliphatic rings. The van der Waals surface area contributed by atoms with Gasteiger partial charge in [-0.3, -0.25) is 4.90 Å². The van der Waals surface area contributed by atoms with E-state index in [1.54, 1.807) is 11.1 Å². The maximum Gasteiger partial charge on any atom is 0.0354 e. The van der Waals surface area contributed by atoms with E-state index in [4.69, 9.17) is 0 Å². The third-order valence-corrected chi connectivity index (χ3v) is 3.68. The zero-order valence-electron chi connectivity index (χ0n) is 8.58. The highest BCUT2D eigenvalue weighted by Crippen LogP contribution is 2.36. The lowest BCUT2D eigenvalue weighted by atomic mass is 10.1. The van der Waals surface area contributed by atoms with Crippen LogP contribution in [0.5, 0.6) is 0 Å². The summed E-state index contributed by atoms with van der Waals surface area (Å²) in [6.07, 6.45) is 5.44. The Morgan fingerprint density at radius 3 is 2.71 bits per heavy atom. The molecule has 1 unspecified atom stereocenters.